The van der Waals surface area contributed by atoms with E-state index in [2.05, 4.69) is 22.5 Å². The number of benzene rings is 2. The number of piperidine rings is 1. The molecule has 1 fully saturated rings. The molecule has 0 radical (unpaired) electrons. The number of hydrogen-bond donors (Lipinski definition) is 2. The van der Waals surface area contributed by atoms with Crippen LogP contribution in [-0.4, -0.2) is 37.6 Å². The van der Waals surface area contributed by atoms with E-state index in [-0.39, 0.29) is 5.91 Å². The fourth-order valence-electron chi connectivity index (χ4n) is 3.09. The summed E-state index contributed by atoms with van der Waals surface area (Å²) in [5.41, 5.74) is 1.27. The molecule has 5 heteroatoms. The van der Waals surface area contributed by atoms with E-state index < -0.39 is 11.5 Å². The number of hydrogen-bond acceptors (Lipinski definition) is 4. The molecular weight excluding hydrogens is 340 g/mol. The highest BCUT2D eigenvalue weighted by atomic mass is 16.5. The standard InChI is InChI=1S/C22H22N2O3/c1-27-21(26)22(13-15-23-16-14-22)24-20(25)19-11-9-18(10-12-19)8-7-17-5-3-2-4-6-17/h2-6,9-12,23H,13-16H2,1H3,(H,24,25). The fraction of sp³-hybridized carbons (Fsp3) is 0.273. The highest BCUT2D eigenvalue weighted by Crippen LogP contribution is 2.21. The van der Waals surface area contributed by atoms with Crippen molar-refractivity contribution in [2.24, 2.45) is 0 Å². The molecule has 0 aromatic heterocycles. The second kappa shape index (κ2) is 8.52. The van der Waals surface area contributed by atoms with E-state index in [0.717, 1.165) is 11.1 Å². The molecule has 1 saturated heterocycles. The third-order valence-corrected chi connectivity index (χ3v) is 4.66. The van der Waals surface area contributed by atoms with E-state index in [4.69, 9.17) is 4.74 Å². The van der Waals surface area contributed by atoms with Gasteiger partial charge in [-0.05, 0) is 62.3 Å². The fourth-order valence-corrected chi connectivity index (χ4v) is 3.09. The van der Waals surface area contributed by atoms with Gasteiger partial charge in [-0.1, -0.05) is 30.0 Å². The molecule has 1 amide bonds. The number of esters is 1. The third kappa shape index (κ3) is 4.55. The molecule has 1 aliphatic rings. The molecule has 0 unspecified atom stereocenters. The summed E-state index contributed by atoms with van der Waals surface area (Å²) >= 11 is 0. The average Bonchev–Trinajstić information content (AvgIpc) is 2.73. The quantitative estimate of drug-likeness (QED) is 0.648. The van der Waals surface area contributed by atoms with E-state index in [1.165, 1.54) is 7.11 Å². The lowest BCUT2D eigenvalue weighted by atomic mass is 9.88. The van der Waals surface area contributed by atoms with Crippen molar-refractivity contribution in [1.82, 2.24) is 10.6 Å². The van der Waals surface area contributed by atoms with Gasteiger partial charge in [0.25, 0.3) is 5.91 Å². The van der Waals surface area contributed by atoms with Gasteiger partial charge in [0.2, 0.25) is 0 Å². The van der Waals surface area contributed by atoms with Gasteiger partial charge in [0.15, 0.2) is 0 Å². The smallest absolute Gasteiger partial charge is 0.331 e. The van der Waals surface area contributed by atoms with Crippen LogP contribution in [0.3, 0.4) is 0 Å². The Morgan fingerprint density at radius 1 is 0.963 bits per heavy atom. The summed E-state index contributed by atoms with van der Waals surface area (Å²) in [4.78, 5) is 24.9. The largest absolute Gasteiger partial charge is 0.467 e. The summed E-state index contributed by atoms with van der Waals surface area (Å²) < 4.78 is 4.92. The van der Waals surface area contributed by atoms with Crippen LogP contribution in [0.25, 0.3) is 0 Å². The van der Waals surface area contributed by atoms with Crippen LogP contribution in [0.15, 0.2) is 54.6 Å². The average molecular weight is 362 g/mol. The van der Waals surface area contributed by atoms with Crippen molar-refractivity contribution in [3.8, 4) is 11.8 Å². The molecule has 0 atom stereocenters. The highest BCUT2D eigenvalue weighted by molar-refractivity contribution is 5.98. The molecule has 138 valence electrons. The van der Waals surface area contributed by atoms with E-state index in [1.54, 1.807) is 24.3 Å². The van der Waals surface area contributed by atoms with Crippen molar-refractivity contribution < 1.29 is 14.3 Å². The maximum atomic E-state index is 12.7. The number of carbonyl (C=O) groups is 2. The molecule has 27 heavy (non-hydrogen) atoms. The molecular formula is C22H22N2O3. The van der Waals surface area contributed by atoms with Crippen LogP contribution >= 0.6 is 0 Å². The summed E-state index contributed by atoms with van der Waals surface area (Å²) in [5, 5.41) is 6.08. The lowest BCUT2D eigenvalue weighted by Gasteiger charge is -2.35. The highest BCUT2D eigenvalue weighted by Gasteiger charge is 2.42. The SMILES string of the molecule is COC(=O)C1(NC(=O)c2ccc(C#Cc3ccccc3)cc2)CCNCC1. The molecule has 2 aromatic carbocycles. The van der Waals surface area contributed by atoms with Crippen molar-refractivity contribution in [2.45, 2.75) is 18.4 Å². The van der Waals surface area contributed by atoms with Gasteiger partial charge in [0.1, 0.15) is 5.54 Å². The Morgan fingerprint density at radius 2 is 1.56 bits per heavy atom. The first-order valence-corrected chi connectivity index (χ1v) is 8.92. The maximum Gasteiger partial charge on any atom is 0.331 e. The van der Waals surface area contributed by atoms with Gasteiger partial charge >= 0.3 is 5.97 Å². The Hall–Kier alpha value is -3.10. The maximum absolute atomic E-state index is 12.7. The number of ether oxygens (including phenoxy) is 1. The number of carbonyl (C=O) groups excluding carboxylic acids is 2. The number of amides is 1. The van der Waals surface area contributed by atoms with Gasteiger partial charge in [-0.2, -0.15) is 0 Å². The molecule has 0 saturated carbocycles. The molecule has 2 aromatic rings. The van der Waals surface area contributed by atoms with E-state index >= 15 is 0 Å². The summed E-state index contributed by atoms with van der Waals surface area (Å²) in [6.45, 7) is 1.31. The van der Waals surface area contributed by atoms with Crippen LogP contribution in [-0.2, 0) is 9.53 Å². The Bertz CT molecular complexity index is 858. The summed E-state index contributed by atoms with van der Waals surface area (Å²) in [7, 11) is 1.35. The zero-order valence-corrected chi connectivity index (χ0v) is 15.2. The first-order valence-electron chi connectivity index (χ1n) is 8.92. The minimum atomic E-state index is -0.969. The van der Waals surface area contributed by atoms with Crippen LogP contribution in [0.4, 0.5) is 0 Å². The Morgan fingerprint density at radius 3 is 2.15 bits per heavy atom. The summed E-state index contributed by atoms with van der Waals surface area (Å²) in [6.07, 6.45) is 1.01. The summed E-state index contributed by atoms with van der Waals surface area (Å²) in [5.74, 6) is 5.48. The first kappa shape index (κ1) is 18.7. The molecule has 2 N–H and O–H groups in total. The van der Waals surface area contributed by atoms with E-state index in [1.807, 2.05) is 30.3 Å². The lowest BCUT2D eigenvalue weighted by molar-refractivity contribution is -0.149. The molecule has 1 heterocycles. The number of rotatable bonds is 3. The van der Waals surface area contributed by atoms with Crippen molar-refractivity contribution >= 4 is 11.9 Å². The minimum absolute atomic E-state index is 0.287. The van der Waals surface area contributed by atoms with Crippen molar-refractivity contribution in [2.75, 3.05) is 20.2 Å². The first-order chi connectivity index (χ1) is 13.1. The molecule has 0 aliphatic carbocycles. The molecule has 5 nitrogen and oxygen atoms in total. The predicted octanol–water partition coefficient (Wildman–Crippen LogP) is 2.11. The Balaban J connectivity index is 1.72. The molecule has 0 bridgehead atoms. The van der Waals surface area contributed by atoms with Crippen molar-refractivity contribution in [3.05, 3.63) is 71.3 Å². The Labute approximate surface area is 159 Å². The van der Waals surface area contributed by atoms with Crippen LogP contribution < -0.4 is 10.6 Å². The van der Waals surface area contributed by atoms with E-state index in [0.29, 0.717) is 31.5 Å². The van der Waals surface area contributed by atoms with Crippen LogP contribution in [0.1, 0.15) is 34.3 Å². The minimum Gasteiger partial charge on any atom is -0.467 e. The van der Waals surface area contributed by atoms with Gasteiger partial charge in [-0.15, -0.1) is 0 Å². The molecule has 0 spiro atoms. The van der Waals surface area contributed by atoms with Crippen LogP contribution in [0.2, 0.25) is 0 Å². The zero-order valence-electron chi connectivity index (χ0n) is 15.2. The molecule has 3 rings (SSSR count). The second-order valence-electron chi connectivity index (χ2n) is 6.47. The summed E-state index contributed by atoms with van der Waals surface area (Å²) in [6, 6.07) is 16.8. The monoisotopic (exact) mass is 362 g/mol. The normalized spacial score (nSPS) is 15.1. The van der Waals surface area contributed by atoms with Gasteiger partial charge in [-0.25, -0.2) is 4.79 Å². The van der Waals surface area contributed by atoms with Crippen LogP contribution in [0, 0.1) is 11.8 Å². The van der Waals surface area contributed by atoms with Crippen LogP contribution in [0.5, 0.6) is 0 Å². The predicted molar refractivity (Wildman–Crippen MR) is 103 cm³/mol. The third-order valence-electron chi connectivity index (χ3n) is 4.66. The van der Waals surface area contributed by atoms with Crippen molar-refractivity contribution in [3.63, 3.8) is 0 Å². The second-order valence-corrected chi connectivity index (χ2v) is 6.47. The van der Waals surface area contributed by atoms with Gasteiger partial charge in [-0.3, -0.25) is 4.79 Å². The number of nitrogens with one attached hydrogen (secondary N) is 2. The van der Waals surface area contributed by atoms with Gasteiger partial charge in [0, 0.05) is 16.7 Å². The van der Waals surface area contributed by atoms with Gasteiger partial charge < -0.3 is 15.4 Å². The van der Waals surface area contributed by atoms with E-state index in [9.17, 15) is 9.59 Å². The lowest BCUT2D eigenvalue weighted by Crippen LogP contribution is -2.59. The van der Waals surface area contributed by atoms with Gasteiger partial charge in [0.05, 0.1) is 7.11 Å². The number of methoxy groups -OCH3 is 1. The zero-order chi connectivity index (χ0) is 19.1. The van der Waals surface area contributed by atoms with Crippen molar-refractivity contribution in [1.29, 1.82) is 0 Å². The molecule has 1 aliphatic heterocycles. The topological polar surface area (TPSA) is 67.4 Å². The Kier molecular flexibility index (Phi) is 5.90.